The summed E-state index contributed by atoms with van der Waals surface area (Å²) in [6.07, 6.45) is 0. The van der Waals surface area contributed by atoms with Crippen LogP contribution in [-0.2, 0) is 10.8 Å². The maximum absolute atomic E-state index is 5.76. The molecule has 0 atom stereocenters. The highest BCUT2D eigenvalue weighted by Gasteiger charge is 2.19. The van der Waals surface area contributed by atoms with Crippen molar-refractivity contribution >= 4 is 11.6 Å². The molecule has 0 spiro atoms. The van der Waals surface area contributed by atoms with Crippen molar-refractivity contribution in [1.82, 2.24) is 10.1 Å². The zero-order valence-corrected chi connectivity index (χ0v) is 14.7. The molecule has 0 radical (unpaired) electrons. The summed E-state index contributed by atoms with van der Waals surface area (Å²) >= 11 is 5.76. The van der Waals surface area contributed by atoms with Gasteiger partial charge in [0.15, 0.2) is 5.82 Å². The molecule has 0 saturated carbocycles. The van der Waals surface area contributed by atoms with Gasteiger partial charge in [0.25, 0.3) is 0 Å². The first kappa shape index (κ1) is 17.7. The average molecular weight is 309 g/mol. The summed E-state index contributed by atoms with van der Waals surface area (Å²) in [5, 5.41) is 4.60. The van der Waals surface area contributed by atoms with Crippen molar-refractivity contribution in [2.45, 2.75) is 59.3 Å². The molecule has 0 aliphatic carbocycles. The predicted octanol–water partition coefficient (Wildman–Crippen LogP) is 5.31. The van der Waals surface area contributed by atoms with Gasteiger partial charge in [-0.15, -0.1) is 0 Å². The second-order valence-electron chi connectivity index (χ2n) is 7.14. The first-order valence-corrected chi connectivity index (χ1v) is 7.45. The molecule has 0 fully saturated rings. The Morgan fingerprint density at radius 2 is 1.43 bits per heavy atom. The lowest BCUT2D eigenvalue weighted by Gasteiger charge is -2.18. The molecule has 0 unspecified atom stereocenters. The molecule has 3 nitrogen and oxygen atoms in total. The highest BCUT2D eigenvalue weighted by atomic mass is 35.5. The molecule has 21 heavy (non-hydrogen) atoms. The molecule has 116 valence electrons. The van der Waals surface area contributed by atoms with E-state index in [1.165, 1.54) is 5.56 Å². The van der Waals surface area contributed by atoms with Crippen molar-refractivity contribution in [1.29, 1.82) is 0 Å². The molecule has 0 bridgehead atoms. The Morgan fingerprint density at radius 3 is 1.71 bits per heavy atom. The van der Waals surface area contributed by atoms with Crippen LogP contribution in [0.25, 0.3) is 0 Å². The fourth-order valence-corrected chi connectivity index (χ4v) is 1.68. The van der Waals surface area contributed by atoms with E-state index in [9.17, 15) is 0 Å². The van der Waals surface area contributed by atoms with Gasteiger partial charge in [0.05, 0.1) is 0 Å². The number of rotatable bonds is 0. The largest absolute Gasteiger partial charge is 0.340 e. The fraction of sp³-hybridized carbons (Fsp3) is 0.529. The molecule has 4 heteroatoms. The Bertz CT molecular complexity index is 560. The number of nitrogens with zero attached hydrogens (tertiary/aromatic N) is 2. The van der Waals surface area contributed by atoms with Gasteiger partial charge in [-0.1, -0.05) is 70.4 Å². The Balaban J connectivity index is 0.000000211. The number of aryl methyl sites for hydroxylation is 1. The van der Waals surface area contributed by atoms with Crippen LogP contribution >= 0.6 is 11.6 Å². The fourth-order valence-electron chi connectivity index (χ4n) is 1.55. The highest BCUT2D eigenvalue weighted by Crippen LogP contribution is 2.23. The van der Waals surface area contributed by atoms with Crippen molar-refractivity contribution in [3.05, 3.63) is 46.6 Å². The lowest BCUT2D eigenvalue weighted by atomic mass is 9.87. The quantitative estimate of drug-likeness (QED) is 0.661. The third-order valence-electron chi connectivity index (χ3n) is 2.91. The lowest BCUT2D eigenvalue weighted by molar-refractivity contribution is 0.375. The monoisotopic (exact) mass is 308 g/mol. The second kappa shape index (κ2) is 6.61. The Labute approximate surface area is 132 Å². The van der Waals surface area contributed by atoms with E-state index in [0.717, 1.165) is 10.8 Å². The van der Waals surface area contributed by atoms with Crippen molar-refractivity contribution in [3.63, 3.8) is 0 Å². The number of aromatic nitrogens is 2. The number of benzene rings is 1. The molecule has 2 rings (SSSR count). The number of hydrogen-bond donors (Lipinski definition) is 0. The van der Waals surface area contributed by atoms with Gasteiger partial charge >= 0.3 is 0 Å². The SMILES string of the molecule is CC(C)(C)c1ccc(Cl)cc1.Cc1nc(C(C)(C)C)no1. The van der Waals surface area contributed by atoms with Gasteiger partial charge in [-0.2, -0.15) is 4.98 Å². The first-order chi connectivity index (χ1) is 9.50. The summed E-state index contributed by atoms with van der Waals surface area (Å²) in [4.78, 5) is 4.10. The van der Waals surface area contributed by atoms with Crippen LogP contribution in [0.15, 0.2) is 28.8 Å². The highest BCUT2D eigenvalue weighted by molar-refractivity contribution is 6.30. The topological polar surface area (TPSA) is 38.9 Å². The maximum atomic E-state index is 5.76. The molecule has 2 aromatic rings. The Morgan fingerprint density at radius 1 is 0.905 bits per heavy atom. The number of hydrogen-bond acceptors (Lipinski definition) is 3. The van der Waals surface area contributed by atoms with Crippen molar-refractivity contribution in [2.75, 3.05) is 0 Å². The second-order valence-corrected chi connectivity index (χ2v) is 7.58. The van der Waals surface area contributed by atoms with Crippen LogP contribution in [-0.4, -0.2) is 10.1 Å². The molecule has 0 amide bonds. The minimum absolute atomic E-state index is 0.00222. The third kappa shape index (κ3) is 5.88. The van der Waals surface area contributed by atoms with E-state index in [2.05, 4.69) is 63.8 Å². The van der Waals surface area contributed by atoms with Crippen molar-refractivity contribution in [3.8, 4) is 0 Å². The van der Waals surface area contributed by atoms with Gasteiger partial charge in [-0.25, -0.2) is 0 Å². The zero-order chi connectivity index (χ0) is 16.3. The smallest absolute Gasteiger partial charge is 0.223 e. The molecule has 1 aromatic heterocycles. The van der Waals surface area contributed by atoms with Gasteiger partial charge < -0.3 is 4.52 Å². The summed E-state index contributed by atoms with van der Waals surface area (Å²) in [5.74, 6) is 1.40. The Kier molecular flexibility index (Phi) is 5.57. The van der Waals surface area contributed by atoms with Gasteiger partial charge in [-0.3, -0.25) is 0 Å². The van der Waals surface area contributed by atoms with Crippen LogP contribution < -0.4 is 0 Å². The molecule has 1 aromatic carbocycles. The van der Waals surface area contributed by atoms with Gasteiger partial charge in [0, 0.05) is 17.4 Å². The van der Waals surface area contributed by atoms with Crippen molar-refractivity contribution < 1.29 is 4.52 Å². The van der Waals surface area contributed by atoms with Crippen LogP contribution in [0.4, 0.5) is 0 Å². The van der Waals surface area contributed by atoms with Crippen LogP contribution in [0, 0.1) is 6.92 Å². The molecule has 0 aliphatic heterocycles. The molecular weight excluding hydrogens is 284 g/mol. The minimum atomic E-state index is -0.00222. The van der Waals surface area contributed by atoms with E-state index in [-0.39, 0.29) is 10.8 Å². The number of halogens is 1. The van der Waals surface area contributed by atoms with Crippen LogP contribution in [0.5, 0.6) is 0 Å². The van der Waals surface area contributed by atoms with Gasteiger partial charge in [0.1, 0.15) is 0 Å². The summed E-state index contributed by atoms with van der Waals surface area (Å²) in [5.41, 5.74) is 1.55. The van der Waals surface area contributed by atoms with E-state index in [4.69, 9.17) is 16.1 Å². The van der Waals surface area contributed by atoms with Crippen LogP contribution in [0.2, 0.25) is 5.02 Å². The average Bonchev–Trinajstić information content (AvgIpc) is 2.76. The molecular formula is C17H25ClN2O. The molecule has 0 saturated heterocycles. The molecule has 0 aliphatic rings. The van der Waals surface area contributed by atoms with Crippen LogP contribution in [0.1, 0.15) is 58.8 Å². The summed E-state index contributed by atoms with van der Waals surface area (Å²) in [6.45, 7) is 14.5. The first-order valence-electron chi connectivity index (χ1n) is 7.07. The van der Waals surface area contributed by atoms with E-state index < -0.39 is 0 Å². The summed E-state index contributed by atoms with van der Waals surface area (Å²) in [6, 6.07) is 8.01. The third-order valence-corrected chi connectivity index (χ3v) is 3.16. The maximum Gasteiger partial charge on any atom is 0.223 e. The van der Waals surface area contributed by atoms with E-state index in [1.54, 1.807) is 6.92 Å². The van der Waals surface area contributed by atoms with E-state index in [0.29, 0.717) is 5.89 Å². The summed E-state index contributed by atoms with van der Waals surface area (Å²) in [7, 11) is 0. The van der Waals surface area contributed by atoms with Crippen LogP contribution in [0.3, 0.4) is 0 Å². The zero-order valence-electron chi connectivity index (χ0n) is 14.0. The van der Waals surface area contributed by atoms with Gasteiger partial charge in [-0.05, 0) is 23.1 Å². The lowest BCUT2D eigenvalue weighted by Crippen LogP contribution is -2.13. The van der Waals surface area contributed by atoms with Crippen molar-refractivity contribution in [2.24, 2.45) is 0 Å². The predicted molar refractivity (Wildman–Crippen MR) is 87.9 cm³/mol. The van der Waals surface area contributed by atoms with E-state index >= 15 is 0 Å². The Hall–Kier alpha value is -1.35. The van der Waals surface area contributed by atoms with Gasteiger partial charge in [0.2, 0.25) is 5.89 Å². The van der Waals surface area contributed by atoms with E-state index in [1.807, 2.05) is 12.1 Å². The molecule has 1 heterocycles. The normalized spacial score (nSPS) is 11.8. The summed E-state index contributed by atoms with van der Waals surface area (Å²) < 4.78 is 4.83. The molecule has 0 N–H and O–H groups in total. The minimum Gasteiger partial charge on any atom is -0.340 e. The standard InChI is InChI=1S/C10H13Cl.C7H12N2O/c1-10(2,3)8-4-6-9(11)7-5-8;1-5-8-6(9-10-5)7(2,3)4/h4-7H,1-3H3;1-4H3.